The van der Waals surface area contributed by atoms with Crippen LogP contribution in [0, 0.1) is 13.8 Å². The zero-order valence-electron chi connectivity index (χ0n) is 20.5. The molecule has 0 spiro atoms. The van der Waals surface area contributed by atoms with Crippen molar-refractivity contribution in [2.45, 2.75) is 19.9 Å². The lowest BCUT2D eigenvalue weighted by Gasteiger charge is -2.25. The second-order valence-electron chi connectivity index (χ2n) is 9.16. The molecular weight excluding hydrogens is 472 g/mol. The number of carbonyl (C=O) groups excluding carboxylic acids is 2. The van der Waals surface area contributed by atoms with E-state index in [-0.39, 0.29) is 18.1 Å². The number of ether oxygens (including phenoxy) is 3. The van der Waals surface area contributed by atoms with Crippen molar-refractivity contribution in [1.82, 2.24) is 4.98 Å². The molecule has 0 saturated carbocycles. The number of aromatic nitrogens is 1. The summed E-state index contributed by atoms with van der Waals surface area (Å²) in [7, 11) is 1.51. The van der Waals surface area contributed by atoms with E-state index in [4.69, 9.17) is 14.2 Å². The average Bonchev–Trinajstić information content (AvgIpc) is 3.59. The van der Waals surface area contributed by atoms with Gasteiger partial charge < -0.3 is 24.3 Å². The number of benzene rings is 3. The lowest BCUT2D eigenvalue weighted by molar-refractivity contribution is -0.132. The number of carbonyl (C=O) groups is 2. The van der Waals surface area contributed by atoms with E-state index >= 15 is 0 Å². The quantitative estimate of drug-likeness (QED) is 0.230. The van der Waals surface area contributed by atoms with E-state index in [1.54, 1.807) is 30.5 Å². The lowest BCUT2D eigenvalue weighted by atomic mass is 9.93. The maximum Gasteiger partial charge on any atom is 0.300 e. The third kappa shape index (κ3) is 3.44. The van der Waals surface area contributed by atoms with E-state index < -0.39 is 17.7 Å². The summed E-state index contributed by atoms with van der Waals surface area (Å²) < 4.78 is 16.5. The lowest BCUT2D eigenvalue weighted by Crippen LogP contribution is -2.29. The molecule has 8 nitrogen and oxygen atoms in total. The first-order chi connectivity index (χ1) is 17.9. The summed E-state index contributed by atoms with van der Waals surface area (Å²) in [6, 6.07) is 15.5. The number of methoxy groups -OCH3 is 1. The number of nitrogens with one attached hydrogen (secondary N) is 1. The van der Waals surface area contributed by atoms with Crippen molar-refractivity contribution in [3.63, 3.8) is 0 Å². The van der Waals surface area contributed by atoms with Crippen molar-refractivity contribution < 1.29 is 28.9 Å². The standard InChI is InChI=1S/C29H24N2O6/c1-15-10-16(2)28(35-3)19(11-15)26(32)24-25(20-13-30-21-7-5-4-6-18(20)21)31(29(34)27(24)33)17-8-9-22-23(12-17)37-14-36-22/h4-13,25,30,32H,14H2,1-3H3/b26-24+. The fraction of sp³-hybridized carbons (Fsp3) is 0.172. The van der Waals surface area contributed by atoms with Gasteiger partial charge >= 0.3 is 0 Å². The Labute approximate surface area is 212 Å². The van der Waals surface area contributed by atoms with Crippen LogP contribution in [-0.2, 0) is 9.59 Å². The molecule has 1 amide bonds. The predicted octanol–water partition coefficient (Wildman–Crippen LogP) is 5.15. The van der Waals surface area contributed by atoms with E-state index in [9.17, 15) is 14.7 Å². The van der Waals surface area contributed by atoms with Gasteiger partial charge in [0.25, 0.3) is 11.7 Å². The minimum atomic E-state index is -0.901. The van der Waals surface area contributed by atoms with Crippen LogP contribution < -0.4 is 19.1 Å². The molecule has 2 aliphatic heterocycles. The molecule has 2 aliphatic rings. The Balaban J connectivity index is 1.63. The molecule has 1 atom stereocenters. The van der Waals surface area contributed by atoms with Crippen LogP contribution in [0.2, 0.25) is 0 Å². The third-order valence-electron chi connectivity index (χ3n) is 6.87. The number of anilines is 1. The first kappa shape index (κ1) is 22.7. The third-order valence-corrected chi connectivity index (χ3v) is 6.87. The largest absolute Gasteiger partial charge is 0.507 e. The van der Waals surface area contributed by atoms with Gasteiger partial charge in [0.1, 0.15) is 11.5 Å². The number of para-hydroxylation sites is 1. The highest BCUT2D eigenvalue weighted by molar-refractivity contribution is 6.52. The number of hydrogen-bond donors (Lipinski definition) is 2. The number of nitrogens with zero attached hydrogens (tertiary/aromatic N) is 1. The molecular formula is C29H24N2O6. The first-order valence-corrected chi connectivity index (χ1v) is 11.8. The first-order valence-electron chi connectivity index (χ1n) is 11.8. The van der Waals surface area contributed by atoms with Crippen LogP contribution in [0.3, 0.4) is 0 Å². The van der Waals surface area contributed by atoms with E-state index in [0.717, 1.165) is 22.0 Å². The Morgan fingerprint density at radius 2 is 1.84 bits per heavy atom. The molecule has 186 valence electrons. The van der Waals surface area contributed by atoms with Crippen molar-refractivity contribution in [1.29, 1.82) is 0 Å². The number of fused-ring (bicyclic) bond motifs is 2. The highest BCUT2D eigenvalue weighted by Crippen LogP contribution is 2.47. The molecule has 3 heterocycles. The number of hydrogen-bond acceptors (Lipinski definition) is 6. The summed E-state index contributed by atoms with van der Waals surface area (Å²) >= 11 is 0. The number of Topliss-reactive ketones (excluding diaryl/α,β-unsaturated/α-hetero) is 1. The normalized spacial score (nSPS) is 18.1. The Morgan fingerprint density at radius 1 is 1.05 bits per heavy atom. The second kappa shape index (κ2) is 8.44. The number of aryl methyl sites for hydroxylation is 2. The Bertz CT molecular complexity index is 1630. The van der Waals surface area contributed by atoms with Crippen LogP contribution >= 0.6 is 0 Å². The number of aliphatic hydroxyl groups excluding tert-OH is 1. The maximum absolute atomic E-state index is 13.6. The molecule has 4 aromatic rings. The van der Waals surface area contributed by atoms with E-state index in [1.807, 2.05) is 44.2 Å². The summed E-state index contributed by atoms with van der Waals surface area (Å²) in [5, 5.41) is 12.5. The molecule has 1 unspecified atom stereocenters. The second-order valence-corrected chi connectivity index (χ2v) is 9.16. The Hall–Kier alpha value is -4.72. The Morgan fingerprint density at radius 3 is 2.65 bits per heavy atom. The van der Waals surface area contributed by atoms with Crippen LogP contribution in [0.25, 0.3) is 16.7 Å². The summed E-state index contributed by atoms with van der Waals surface area (Å²) in [5.74, 6) is -0.349. The predicted molar refractivity (Wildman–Crippen MR) is 138 cm³/mol. The van der Waals surface area contributed by atoms with Crippen LogP contribution in [0.4, 0.5) is 5.69 Å². The molecule has 1 saturated heterocycles. The molecule has 2 N–H and O–H groups in total. The SMILES string of the molecule is COc1c(C)cc(C)cc1/C(O)=C1\C(=O)C(=O)N(c2ccc3c(c2)OCO3)C1c1c[nH]c2ccccc12. The molecule has 8 heteroatoms. The van der Waals surface area contributed by atoms with Crippen LogP contribution in [-0.4, -0.2) is 35.7 Å². The van der Waals surface area contributed by atoms with E-state index in [0.29, 0.717) is 34.1 Å². The van der Waals surface area contributed by atoms with Gasteiger partial charge in [-0.05, 0) is 49.2 Å². The summed E-state index contributed by atoms with van der Waals surface area (Å²) in [6.07, 6.45) is 1.77. The molecule has 1 aromatic heterocycles. The highest BCUT2D eigenvalue weighted by atomic mass is 16.7. The molecule has 6 rings (SSSR count). The number of H-pyrrole nitrogens is 1. The number of rotatable bonds is 4. The molecule has 0 aliphatic carbocycles. The van der Waals surface area contributed by atoms with Gasteiger partial charge in [0.05, 0.1) is 24.3 Å². The van der Waals surface area contributed by atoms with Crippen LogP contribution in [0.5, 0.6) is 17.2 Å². The zero-order valence-corrected chi connectivity index (χ0v) is 20.5. The van der Waals surface area contributed by atoms with Gasteiger partial charge in [-0.25, -0.2) is 0 Å². The summed E-state index contributed by atoms with van der Waals surface area (Å²) in [6.45, 7) is 3.84. The fourth-order valence-electron chi connectivity index (χ4n) is 5.29. The smallest absolute Gasteiger partial charge is 0.300 e. The molecule has 37 heavy (non-hydrogen) atoms. The van der Waals surface area contributed by atoms with E-state index in [2.05, 4.69) is 4.98 Å². The van der Waals surface area contributed by atoms with Gasteiger partial charge in [0, 0.05) is 34.4 Å². The van der Waals surface area contributed by atoms with Crippen molar-refractivity contribution in [3.05, 3.63) is 88.6 Å². The van der Waals surface area contributed by atoms with Crippen molar-refractivity contribution in [2.75, 3.05) is 18.8 Å². The van der Waals surface area contributed by atoms with Gasteiger partial charge in [0.2, 0.25) is 6.79 Å². The van der Waals surface area contributed by atoms with Gasteiger partial charge in [-0.15, -0.1) is 0 Å². The van der Waals surface area contributed by atoms with Gasteiger partial charge in [0.15, 0.2) is 11.5 Å². The van der Waals surface area contributed by atoms with Crippen molar-refractivity contribution in [2.24, 2.45) is 0 Å². The van der Waals surface area contributed by atoms with Gasteiger partial charge in [-0.2, -0.15) is 0 Å². The number of aliphatic hydroxyl groups is 1. The number of amides is 1. The molecule has 3 aromatic carbocycles. The zero-order chi connectivity index (χ0) is 25.8. The molecule has 0 radical (unpaired) electrons. The monoisotopic (exact) mass is 496 g/mol. The number of ketones is 1. The summed E-state index contributed by atoms with van der Waals surface area (Å²) in [5.41, 5.74) is 4.00. The van der Waals surface area contributed by atoms with Crippen molar-refractivity contribution >= 4 is 34.0 Å². The fourth-order valence-corrected chi connectivity index (χ4v) is 5.29. The Kier molecular flexibility index (Phi) is 5.19. The minimum absolute atomic E-state index is 0.0179. The van der Waals surface area contributed by atoms with Gasteiger partial charge in [-0.1, -0.05) is 24.3 Å². The molecule has 0 bridgehead atoms. The van der Waals surface area contributed by atoms with Crippen LogP contribution in [0.15, 0.2) is 66.4 Å². The topological polar surface area (TPSA) is 101 Å². The van der Waals surface area contributed by atoms with Crippen molar-refractivity contribution in [3.8, 4) is 17.2 Å². The summed E-state index contributed by atoms with van der Waals surface area (Å²) in [4.78, 5) is 31.9. The average molecular weight is 497 g/mol. The minimum Gasteiger partial charge on any atom is -0.507 e. The van der Waals surface area contributed by atoms with Gasteiger partial charge in [-0.3, -0.25) is 14.5 Å². The highest BCUT2D eigenvalue weighted by Gasteiger charge is 2.48. The van der Waals surface area contributed by atoms with E-state index in [1.165, 1.54) is 12.0 Å². The maximum atomic E-state index is 13.6. The van der Waals surface area contributed by atoms with Crippen LogP contribution in [0.1, 0.15) is 28.3 Å². The number of aromatic amines is 1. The molecule has 1 fully saturated rings.